The molecule has 1 N–H and O–H groups in total. The topological polar surface area (TPSA) is 46.5 Å². The molecule has 3 heteroatoms. The smallest absolute Gasteiger partial charge is 0.347 e. The zero-order chi connectivity index (χ0) is 37.5. The van der Waals surface area contributed by atoms with Crippen molar-refractivity contribution >= 4 is 5.97 Å². The molecule has 296 valence electrons. The van der Waals surface area contributed by atoms with Crippen LogP contribution in [0.15, 0.2) is 42.5 Å². The van der Waals surface area contributed by atoms with Gasteiger partial charge in [0.05, 0.1) is 0 Å². The Labute approximate surface area is 322 Å². The third kappa shape index (κ3) is 21.4. The van der Waals surface area contributed by atoms with Gasteiger partial charge in [-0.15, -0.1) is 0 Å². The summed E-state index contributed by atoms with van der Waals surface area (Å²) < 4.78 is 5.98. The first-order valence-electron chi connectivity index (χ1n) is 22.6. The molecule has 2 atom stereocenters. The van der Waals surface area contributed by atoms with E-state index in [0.717, 1.165) is 24.0 Å². The van der Waals surface area contributed by atoms with Gasteiger partial charge in [0.1, 0.15) is 17.1 Å². The number of para-hydroxylation sites is 1. The lowest BCUT2D eigenvalue weighted by Crippen LogP contribution is -2.12. The van der Waals surface area contributed by atoms with Gasteiger partial charge < -0.3 is 9.84 Å². The van der Waals surface area contributed by atoms with Crippen molar-refractivity contribution in [1.82, 2.24) is 0 Å². The highest BCUT2D eigenvalue weighted by molar-refractivity contribution is 5.94. The van der Waals surface area contributed by atoms with Gasteiger partial charge in [-0.2, -0.15) is 0 Å². The number of carbonyl (C=O) groups excluding carboxylic acids is 1. The summed E-state index contributed by atoms with van der Waals surface area (Å²) in [6.07, 6.45) is 40.4. The minimum atomic E-state index is -0.473. The van der Waals surface area contributed by atoms with Crippen LogP contribution in [0.25, 0.3) is 0 Å². The predicted octanol–water partition coefficient (Wildman–Crippen LogP) is 16.6. The Morgan fingerprint density at radius 1 is 0.519 bits per heavy atom. The van der Waals surface area contributed by atoms with E-state index < -0.39 is 5.97 Å². The fourth-order valence-corrected chi connectivity index (χ4v) is 7.77. The van der Waals surface area contributed by atoms with Crippen molar-refractivity contribution in [2.45, 2.75) is 232 Å². The van der Waals surface area contributed by atoms with E-state index in [4.69, 9.17) is 4.74 Å². The third-order valence-corrected chi connectivity index (χ3v) is 11.4. The summed E-state index contributed by atoms with van der Waals surface area (Å²) >= 11 is 0. The number of unbranched alkanes of at least 4 members (excludes halogenated alkanes) is 26. The second-order valence-corrected chi connectivity index (χ2v) is 16.3. The molecule has 3 nitrogen and oxygen atoms in total. The molecule has 0 aliphatic rings. The summed E-state index contributed by atoms with van der Waals surface area (Å²) in [5.74, 6) is 0.781. The summed E-state index contributed by atoms with van der Waals surface area (Å²) in [5.41, 5.74) is 2.44. The van der Waals surface area contributed by atoms with Crippen molar-refractivity contribution in [3.63, 3.8) is 0 Å². The van der Waals surface area contributed by atoms with Crippen LogP contribution in [-0.4, -0.2) is 11.1 Å². The lowest BCUT2D eigenvalue weighted by Gasteiger charge is -2.17. The second kappa shape index (κ2) is 31.1. The predicted molar refractivity (Wildman–Crippen MR) is 226 cm³/mol. The molecule has 2 rings (SSSR count). The lowest BCUT2D eigenvalue weighted by molar-refractivity contribution is 0.0729. The molecule has 2 aromatic rings. The minimum Gasteiger partial charge on any atom is -0.507 e. The molecule has 0 heterocycles. The molecule has 0 aromatic heterocycles. The van der Waals surface area contributed by atoms with Gasteiger partial charge in [-0.1, -0.05) is 232 Å². The van der Waals surface area contributed by atoms with E-state index in [1.807, 2.05) is 30.3 Å². The van der Waals surface area contributed by atoms with Crippen molar-refractivity contribution in [2.24, 2.45) is 0 Å². The molecule has 2 aromatic carbocycles. The Morgan fingerprint density at radius 3 is 1.35 bits per heavy atom. The molecule has 52 heavy (non-hydrogen) atoms. The lowest BCUT2D eigenvalue weighted by atomic mass is 9.93. The molecule has 0 aliphatic heterocycles. The van der Waals surface area contributed by atoms with Crippen LogP contribution in [0.5, 0.6) is 11.5 Å². The number of benzene rings is 2. The fraction of sp³-hybridized carbons (Fsp3) is 0.735. The van der Waals surface area contributed by atoms with Crippen LogP contribution in [0.2, 0.25) is 0 Å². The molecular formula is C49H82O3. The zero-order valence-electron chi connectivity index (χ0n) is 34.7. The van der Waals surface area contributed by atoms with Crippen LogP contribution in [-0.2, 0) is 0 Å². The summed E-state index contributed by atoms with van der Waals surface area (Å²) in [6.45, 7) is 9.05. The first-order valence-corrected chi connectivity index (χ1v) is 22.6. The summed E-state index contributed by atoms with van der Waals surface area (Å²) in [6, 6.07) is 13.4. The SMILES string of the molecule is CCCCCCCCCCCCCCCCC(C)c1ccc(O)c(C(=O)Oc2ccccc2C(C)CCCCCCCCCCCCCCCC)c1. The standard InChI is InChI=1S/C49H82O3/c1-5-7-9-11-13-15-17-19-21-23-25-27-29-31-35-42(3)44-39-40-47(50)46(41-44)49(51)52-48-38-34-33-37-45(48)43(4)36-32-30-28-26-24-22-20-18-16-14-12-10-8-6-2/h33-34,37-43,50H,5-32,35-36H2,1-4H3. The molecule has 0 amide bonds. The number of esters is 1. The molecule has 0 spiro atoms. The van der Waals surface area contributed by atoms with Gasteiger partial charge in [-0.3, -0.25) is 0 Å². The Balaban J connectivity index is 1.65. The molecule has 0 radical (unpaired) electrons. The molecule has 0 bridgehead atoms. The minimum absolute atomic E-state index is 0.00891. The molecule has 2 unspecified atom stereocenters. The van der Waals surface area contributed by atoms with E-state index >= 15 is 0 Å². The normalized spacial score (nSPS) is 12.6. The van der Waals surface area contributed by atoms with Crippen molar-refractivity contribution < 1.29 is 14.6 Å². The Hall–Kier alpha value is -2.29. The van der Waals surface area contributed by atoms with E-state index in [1.54, 1.807) is 6.07 Å². The molecule has 0 fully saturated rings. The molecule has 0 saturated carbocycles. The summed E-state index contributed by atoms with van der Waals surface area (Å²) in [7, 11) is 0. The maximum Gasteiger partial charge on any atom is 0.347 e. The number of ether oxygens (including phenoxy) is 1. The van der Waals surface area contributed by atoms with Crippen LogP contribution < -0.4 is 4.74 Å². The first-order chi connectivity index (χ1) is 25.5. The van der Waals surface area contributed by atoms with Gasteiger partial charge in [0, 0.05) is 0 Å². The van der Waals surface area contributed by atoms with Crippen molar-refractivity contribution in [2.75, 3.05) is 0 Å². The highest BCUT2D eigenvalue weighted by Crippen LogP contribution is 2.33. The van der Waals surface area contributed by atoms with Gasteiger partial charge in [-0.25, -0.2) is 4.79 Å². The molecule has 0 aliphatic carbocycles. The number of phenols is 1. The molecule has 0 saturated heterocycles. The third-order valence-electron chi connectivity index (χ3n) is 11.4. The second-order valence-electron chi connectivity index (χ2n) is 16.3. The van der Waals surface area contributed by atoms with E-state index in [9.17, 15) is 9.90 Å². The zero-order valence-corrected chi connectivity index (χ0v) is 34.7. The number of phenolic OH excluding ortho intramolecular Hbond substituents is 1. The molecular weight excluding hydrogens is 637 g/mol. The van der Waals surface area contributed by atoms with Crippen LogP contribution in [0.3, 0.4) is 0 Å². The Bertz CT molecular complexity index is 1140. The first kappa shape index (κ1) is 45.9. The quantitative estimate of drug-likeness (QED) is 0.0445. The number of rotatable bonds is 34. The number of carbonyl (C=O) groups is 1. The number of hydrogen-bond donors (Lipinski definition) is 1. The van der Waals surface area contributed by atoms with Gasteiger partial charge in [-0.05, 0) is 54.0 Å². The summed E-state index contributed by atoms with van der Waals surface area (Å²) in [5, 5.41) is 10.6. The van der Waals surface area contributed by atoms with Gasteiger partial charge >= 0.3 is 5.97 Å². The van der Waals surface area contributed by atoms with Crippen LogP contribution in [0, 0.1) is 0 Å². The van der Waals surface area contributed by atoms with Gasteiger partial charge in [0.25, 0.3) is 0 Å². The number of hydrogen-bond acceptors (Lipinski definition) is 3. The number of aromatic hydroxyl groups is 1. The van der Waals surface area contributed by atoms with E-state index in [1.165, 1.54) is 180 Å². The fourth-order valence-electron chi connectivity index (χ4n) is 7.77. The highest BCUT2D eigenvalue weighted by atomic mass is 16.5. The van der Waals surface area contributed by atoms with Crippen LogP contribution >= 0.6 is 0 Å². The van der Waals surface area contributed by atoms with E-state index in [2.05, 4.69) is 33.8 Å². The Kier molecular flexibility index (Phi) is 27.4. The monoisotopic (exact) mass is 719 g/mol. The Morgan fingerprint density at radius 2 is 0.904 bits per heavy atom. The van der Waals surface area contributed by atoms with Crippen molar-refractivity contribution in [3.8, 4) is 11.5 Å². The van der Waals surface area contributed by atoms with E-state index in [-0.39, 0.29) is 11.3 Å². The largest absolute Gasteiger partial charge is 0.507 e. The average molecular weight is 719 g/mol. The maximum atomic E-state index is 13.4. The average Bonchev–Trinajstić information content (AvgIpc) is 3.15. The van der Waals surface area contributed by atoms with E-state index in [0.29, 0.717) is 17.6 Å². The van der Waals surface area contributed by atoms with Crippen LogP contribution in [0.4, 0.5) is 0 Å². The van der Waals surface area contributed by atoms with Crippen molar-refractivity contribution in [3.05, 3.63) is 59.2 Å². The van der Waals surface area contributed by atoms with Crippen LogP contribution in [0.1, 0.15) is 254 Å². The maximum absolute atomic E-state index is 13.4. The van der Waals surface area contributed by atoms with Crippen molar-refractivity contribution in [1.29, 1.82) is 0 Å². The van der Waals surface area contributed by atoms with Gasteiger partial charge in [0.2, 0.25) is 0 Å². The van der Waals surface area contributed by atoms with Gasteiger partial charge in [0.15, 0.2) is 0 Å². The highest BCUT2D eigenvalue weighted by Gasteiger charge is 2.19. The summed E-state index contributed by atoms with van der Waals surface area (Å²) in [4.78, 5) is 13.4.